The molecule has 4 rings (SSSR count). The first-order valence-electron chi connectivity index (χ1n) is 11.1. The summed E-state index contributed by atoms with van der Waals surface area (Å²) in [6.45, 7) is 5.04. The van der Waals surface area contributed by atoms with Crippen molar-refractivity contribution in [1.29, 1.82) is 0 Å². The lowest BCUT2D eigenvalue weighted by Crippen LogP contribution is -2.52. The zero-order valence-electron chi connectivity index (χ0n) is 18.4. The van der Waals surface area contributed by atoms with Crippen molar-refractivity contribution in [2.75, 3.05) is 26.7 Å². The Kier molecular flexibility index (Phi) is 6.46. The monoisotopic (exact) mass is 426 g/mol. The minimum Gasteiger partial charge on any atom is -0.494 e. The molecule has 0 saturated carbocycles. The van der Waals surface area contributed by atoms with Crippen molar-refractivity contribution >= 4 is 6.09 Å². The molecular formula is C25H31FN2O3. The standard InChI is InChI=1S/C25H31FN2O3/c1-3-16-30-22-10-6-20(7-11-22)18-28-23(17-19-4-8-21(26)9-5-19)25(31-24(28)29)12-14-27(2)15-13-25/h4-11,23H,3,12-18H2,1-2H3. The Labute approximate surface area is 183 Å². The molecule has 1 unspecified atom stereocenters. The predicted molar refractivity (Wildman–Crippen MR) is 118 cm³/mol. The highest BCUT2D eigenvalue weighted by atomic mass is 19.1. The maximum absolute atomic E-state index is 13.4. The van der Waals surface area contributed by atoms with Gasteiger partial charge in [0, 0.05) is 32.5 Å². The number of rotatable bonds is 7. The summed E-state index contributed by atoms with van der Waals surface area (Å²) in [4.78, 5) is 17.1. The number of carbonyl (C=O) groups excluding carboxylic acids is 1. The molecule has 0 radical (unpaired) electrons. The first-order chi connectivity index (χ1) is 15.0. The Hall–Kier alpha value is -2.60. The van der Waals surface area contributed by atoms with Gasteiger partial charge in [-0.25, -0.2) is 9.18 Å². The predicted octanol–water partition coefficient (Wildman–Crippen LogP) is 4.64. The molecule has 0 aromatic heterocycles. The minimum atomic E-state index is -0.498. The molecule has 2 aliphatic heterocycles. The lowest BCUT2D eigenvalue weighted by atomic mass is 9.81. The van der Waals surface area contributed by atoms with Crippen LogP contribution >= 0.6 is 0 Å². The molecule has 6 heteroatoms. The third kappa shape index (κ3) is 4.85. The zero-order chi connectivity index (χ0) is 21.8. The molecule has 2 saturated heterocycles. The molecule has 0 aliphatic carbocycles. The van der Waals surface area contributed by atoms with Crippen molar-refractivity contribution < 1.29 is 18.7 Å². The lowest BCUT2D eigenvalue weighted by molar-refractivity contribution is -0.0165. The first kappa shape index (κ1) is 21.6. The molecule has 5 nitrogen and oxygen atoms in total. The van der Waals surface area contributed by atoms with Gasteiger partial charge in [0.2, 0.25) is 0 Å². The fourth-order valence-corrected chi connectivity index (χ4v) is 4.57. The van der Waals surface area contributed by atoms with Crippen molar-refractivity contribution in [2.45, 2.75) is 50.8 Å². The number of nitrogens with zero attached hydrogens (tertiary/aromatic N) is 2. The van der Waals surface area contributed by atoms with E-state index in [4.69, 9.17) is 9.47 Å². The maximum Gasteiger partial charge on any atom is 0.411 e. The molecule has 2 aromatic rings. The summed E-state index contributed by atoms with van der Waals surface area (Å²) in [5.41, 5.74) is 1.55. The van der Waals surface area contributed by atoms with Crippen molar-refractivity contribution in [1.82, 2.24) is 9.80 Å². The van der Waals surface area contributed by atoms with Crippen LogP contribution in [0.1, 0.15) is 37.3 Å². The van der Waals surface area contributed by atoms with Gasteiger partial charge in [0.15, 0.2) is 0 Å². The first-order valence-corrected chi connectivity index (χ1v) is 11.1. The van der Waals surface area contributed by atoms with Gasteiger partial charge in [-0.15, -0.1) is 0 Å². The van der Waals surface area contributed by atoms with E-state index in [0.717, 1.165) is 49.2 Å². The number of hydrogen-bond donors (Lipinski definition) is 0. The maximum atomic E-state index is 13.4. The minimum absolute atomic E-state index is 0.0878. The summed E-state index contributed by atoms with van der Waals surface area (Å²) >= 11 is 0. The number of amides is 1. The highest BCUT2D eigenvalue weighted by Gasteiger charge is 2.54. The van der Waals surface area contributed by atoms with Gasteiger partial charge in [-0.1, -0.05) is 31.2 Å². The van der Waals surface area contributed by atoms with Gasteiger partial charge >= 0.3 is 6.09 Å². The summed E-state index contributed by atoms with van der Waals surface area (Å²) in [6.07, 6.45) is 2.96. The average molecular weight is 427 g/mol. The zero-order valence-corrected chi connectivity index (χ0v) is 18.4. The van der Waals surface area contributed by atoms with Crippen LogP contribution in [-0.2, 0) is 17.7 Å². The van der Waals surface area contributed by atoms with Gasteiger partial charge in [0.1, 0.15) is 17.2 Å². The van der Waals surface area contributed by atoms with E-state index in [1.54, 1.807) is 12.1 Å². The largest absolute Gasteiger partial charge is 0.494 e. The molecule has 2 aromatic carbocycles. The quantitative estimate of drug-likeness (QED) is 0.647. The number of halogens is 1. The highest BCUT2D eigenvalue weighted by molar-refractivity contribution is 5.72. The average Bonchev–Trinajstić information content (AvgIpc) is 3.02. The van der Waals surface area contributed by atoms with Crippen LogP contribution in [0.15, 0.2) is 48.5 Å². The summed E-state index contributed by atoms with van der Waals surface area (Å²) in [5.74, 6) is 0.586. The molecule has 166 valence electrons. The number of piperidine rings is 1. The Morgan fingerprint density at radius 3 is 2.35 bits per heavy atom. The smallest absolute Gasteiger partial charge is 0.411 e. The second-order valence-electron chi connectivity index (χ2n) is 8.70. The molecule has 2 heterocycles. The Morgan fingerprint density at radius 2 is 1.71 bits per heavy atom. The molecule has 1 atom stereocenters. The molecule has 1 spiro atoms. The normalized spacial score (nSPS) is 20.8. The molecule has 2 fully saturated rings. The third-order valence-electron chi connectivity index (χ3n) is 6.43. The lowest BCUT2D eigenvalue weighted by Gasteiger charge is -2.40. The van der Waals surface area contributed by atoms with Crippen LogP contribution in [0.2, 0.25) is 0 Å². The van der Waals surface area contributed by atoms with Gasteiger partial charge in [0.05, 0.1) is 12.6 Å². The van der Waals surface area contributed by atoms with E-state index in [0.29, 0.717) is 19.6 Å². The van der Waals surface area contributed by atoms with Crippen molar-refractivity contribution in [3.05, 3.63) is 65.5 Å². The Bertz CT molecular complexity index is 877. The number of hydrogen-bond acceptors (Lipinski definition) is 4. The van der Waals surface area contributed by atoms with E-state index >= 15 is 0 Å². The van der Waals surface area contributed by atoms with Gasteiger partial charge < -0.3 is 14.4 Å². The van der Waals surface area contributed by atoms with E-state index in [-0.39, 0.29) is 18.0 Å². The van der Waals surface area contributed by atoms with Gasteiger partial charge in [0.25, 0.3) is 0 Å². The van der Waals surface area contributed by atoms with Gasteiger partial charge in [-0.2, -0.15) is 0 Å². The molecule has 0 N–H and O–H groups in total. The fourth-order valence-electron chi connectivity index (χ4n) is 4.57. The Balaban J connectivity index is 1.56. The molecule has 0 bridgehead atoms. The molecule has 1 amide bonds. The van der Waals surface area contributed by atoms with Crippen molar-refractivity contribution in [2.24, 2.45) is 0 Å². The SMILES string of the molecule is CCCOc1ccc(CN2C(=O)OC3(CCN(C)CC3)C2Cc2ccc(F)cc2)cc1. The summed E-state index contributed by atoms with van der Waals surface area (Å²) in [7, 11) is 2.10. The fraction of sp³-hybridized carbons (Fsp3) is 0.480. The third-order valence-corrected chi connectivity index (χ3v) is 6.43. The van der Waals surface area contributed by atoms with Gasteiger partial charge in [-0.05, 0) is 55.3 Å². The molecular weight excluding hydrogens is 395 g/mol. The van der Waals surface area contributed by atoms with Crippen molar-refractivity contribution in [3.63, 3.8) is 0 Å². The Morgan fingerprint density at radius 1 is 1.06 bits per heavy atom. The van der Waals surface area contributed by atoms with Crippen LogP contribution in [-0.4, -0.2) is 54.3 Å². The molecule has 31 heavy (non-hydrogen) atoms. The highest BCUT2D eigenvalue weighted by Crippen LogP contribution is 2.40. The number of carbonyl (C=O) groups is 1. The van der Waals surface area contributed by atoms with Crippen LogP contribution in [0.5, 0.6) is 5.75 Å². The van der Waals surface area contributed by atoms with E-state index in [2.05, 4.69) is 18.9 Å². The van der Waals surface area contributed by atoms with E-state index in [1.807, 2.05) is 29.2 Å². The number of ether oxygens (including phenoxy) is 2. The van der Waals surface area contributed by atoms with Crippen LogP contribution in [0.3, 0.4) is 0 Å². The number of benzene rings is 2. The van der Waals surface area contributed by atoms with Crippen LogP contribution < -0.4 is 4.74 Å². The second-order valence-corrected chi connectivity index (χ2v) is 8.70. The van der Waals surface area contributed by atoms with Crippen LogP contribution in [0.4, 0.5) is 9.18 Å². The van der Waals surface area contributed by atoms with Crippen LogP contribution in [0, 0.1) is 5.82 Å². The summed E-state index contributed by atoms with van der Waals surface area (Å²) < 4.78 is 25.2. The summed E-state index contributed by atoms with van der Waals surface area (Å²) in [5, 5.41) is 0. The molecule has 2 aliphatic rings. The van der Waals surface area contributed by atoms with E-state index in [1.165, 1.54) is 12.1 Å². The van der Waals surface area contributed by atoms with E-state index in [9.17, 15) is 9.18 Å². The van der Waals surface area contributed by atoms with Crippen molar-refractivity contribution in [3.8, 4) is 5.75 Å². The second kappa shape index (κ2) is 9.27. The topological polar surface area (TPSA) is 42.0 Å². The van der Waals surface area contributed by atoms with Crippen LogP contribution in [0.25, 0.3) is 0 Å². The summed E-state index contributed by atoms with van der Waals surface area (Å²) in [6, 6.07) is 14.4. The van der Waals surface area contributed by atoms with E-state index < -0.39 is 5.60 Å². The number of likely N-dealkylation sites (tertiary alicyclic amines) is 1. The van der Waals surface area contributed by atoms with Gasteiger partial charge in [-0.3, -0.25) is 4.90 Å².